The maximum atomic E-state index is 12.2. The van der Waals surface area contributed by atoms with Crippen LogP contribution in [0, 0.1) is 0 Å². The van der Waals surface area contributed by atoms with E-state index in [1.165, 1.54) is 0 Å². The van der Waals surface area contributed by atoms with Gasteiger partial charge in [-0.05, 0) is 37.6 Å². The van der Waals surface area contributed by atoms with Crippen LogP contribution in [0.2, 0.25) is 10.0 Å². The van der Waals surface area contributed by atoms with Crippen LogP contribution in [0.1, 0.15) is 23.2 Å². The van der Waals surface area contributed by atoms with Gasteiger partial charge in [-0.25, -0.2) is 0 Å². The van der Waals surface area contributed by atoms with E-state index in [0.29, 0.717) is 28.8 Å². The Morgan fingerprint density at radius 3 is 2.81 bits per heavy atom. The summed E-state index contributed by atoms with van der Waals surface area (Å²) in [6.07, 6.45) is 2.07. The molecule has 118 valence electrons. The minimum Gasteiger partial charge on any atom is -0.383 e. The Morgan fingerprint density at radius 2 is 2.24 bits per heavy atom. The van der Waals surface area contributed by atoms with Crippen molar-refractivity contribution in [3.05, 3.63) is 33.8 Å². The van der Waals surface area contributed by atoms with Crippen LogP contribution in [0.25, 0.3) is 0 Å². The summed E-state index contributed by atoms with van der Waals surface area (Å²) >= 11 is 11.9. The van der Waals surface area contributed by atoms with Crippen LogP contribution in [0.15, 0.2) is 18.2 Å². The van der Waals surface area contributed by atoms with Crippen molar-refractivity contribution >= 4 is 41.5 Å². The molecule has 0 bridgehead atoms. The monoisotopic (exact) mass is 352 g/mol. The lowest BCUT2D eigenvalue weighted by Crippen LogP contribution is -2.53. The summed E-state index contributed by atoms with van der Waals surface area (Å²) in [5.41, 5.74) is 0.255. The minimum absolute atomic E-state index is 0. The van der Waals surface area contributed by atoms with Crippen LogP contribution >= 0.6 is 35.6 Å². The molecule has 1 aliphatic rings. The topological polar surface area (TPSA) is 50.4 Å². The van der Waals surface area contributed by atoms with E-state index in [0.717, 1.165) is 19.4 Å². The third-order valence-electron chi connectivity index (χ3n) is 3.52. The molecule has 0 spiro atoms. The second kappa shape index (κ2) is 8.20. The zero-order valence-electron chi connectivity index (χ0n) is 11.7. The van der Waals surface area contributed by atoms with Gasteiger partial charge in [-0.15, -0.1) is 12.4 Å². The molecule has 1 saturated heterocycles. The molecule has 4 nitrogen and oxygen atoms in total. The number of ether oxygens (including phenoxy) is 1. The smallest absolute Gasteiger partial charge is 0.252 e. The van der Waals surface area contributed by atoms with E-state index in [-0.39, 0.29) is 23.9 Å². The van der Waals surface area contributed by atoms with Gasteiger partial charge in [-0.1, -0.05) is 23.2 Å². The highest BCUT2D eigenvalue weighted by Gasteiger charge is 2.33. The molecule has 0 aliphatic carbocycles. The van der Waals surface area contributed by atoms with Gasteiger partial charge in [-0.3, -0.25) is 4.79 Å². The van der Waals surface area contributed by atoms with Gasteiger partial charge >= 0.3 is 0 Å². The molecule has 21 heavy (non-hydrogen) atoms. The van der Waals surface area contributed by atoms with Gasteiger partial charge in [0.25, 0.3) is 5.91 Å². The summed E-state index contributed by atoms with van der Waals surface area (Å²) in [4.78, 5) is 12.2. The number of methoxy groups -OCH3 is 1. The Balaban J connectivity index is 0.00000220. The fraction of sp³-hybridized carbons (Fsp3) is 0.500. The van der Waals surface area contributed by atoms with E-state index >= 15 is 0 Å². The number of benzene rings is 1. The van der Waals surface area contributed by atoms with Crippen LogP contribution in [0.5, 0.6) is 0 Å². The molecule has 0 saturated carbocycles. The number of hydrogen-bond acceptors (Lipinski definition) is 3. The quantitative estimate of drug-likeness (QED) is 0.856. The number of carbonyl (C=O) groups is 1. The van der Waals surface area contributed by atoms with Crippen molar-refractivity contribution in [2.75, 3.05) is 26.8 Å². The lowest BCUT2D eigenvalue weighted by Gasteiger charge is -2.29. The first kappa shape index (κ1) is 18.5. The fourth-order valence-corrected chi connectivity index (χ4v) is 2.98. The zero-order valence-corrected chi connectivity index (χ0v) is 14.1. The van der Waals surface area contributed by atoms with Crippen LogP contribution in [0.3, 0.4) is 0 Å². The van der Waals surface area contributed by atoms with Gasteiger partial charge < -0.3 is 15.4 Å². The van der Waals surface area contributed by atoms with Crippen LogP contribution in [-0.4, -0.2) is 38.3 Å². The molecule has 1 fully saturated rings. The van der Waals surface area contributed by atoms with E-state index in [2.05, 4.69) is 10.6 Å². The molecule has 1 unspecified atom stereocenters. The summed E-state index contributed by atoms with van der Waals surface area (Å²) in [6, 6.07) is 4.85. The predicted octanol–water partition coefficient (Wildman–Crippen LogP) is 2.91. The molecule has 1 atom stereocenters. The van der Waals surface area contributed by atoms with E-state index in [1.807, 2.05) is 0 Å². The SMILES string of the molecule is COCC1(CNC(=O)c2ccc(Cl)cc2Cl)CCCN1.Cl. The third-order valence-corrected chi connectivity index (χ3v) is 4.06. The van der Waals surface area contributed by atoms with E-state index < -0.39 is 0 Å². The maximum absolute atomic E-state index is 12.2. The lowest BCUT2D eigenvalue weighted by atomic mass is 9.98. The van der Waals surface area contributed by atoms with Crippen LogP contribution in [0.4, 0.5) is 0 Å². The first-order valence-corrected chi connectivity index (χ1v) is 7.29. The molecule has 0 radical (unpaired) electrons. The van der Waals surface area contributed by atoms with Crippen molar-refractivity contribution in [3.8, 4) is 0 Å². The third kappa shape index (κ3) is 4.73. The van der Waals surface area contributed by atoms with E-state index in [9.17, 15) is 4.79 Å². The van der Waals surface area contributed by atoms with Crippen LogP contribution in [-0.2, 0) is 4.74 Å². The average Bonchev–Trinajstić information content (AvgIpc) is 2.85. The second-order valence-corrected chi connectivity index (χ2v) is 5.89. The summed E-state index contributed by atoms with van der Waals surface area (Å²) in [5.74, 6) is -0.198. The molecule has 2 rings (SSSR count). The minimum atomic E-state index is -0.198. The molecule has 7 heteroatoms. The Bertz CT molecular complexity index is 491. The first-order chi connectivity index (χ1) is 9.56. The summed E-state index contributed by atoms with van der Waals surface area (Å²) in [6.45, 7) is 2.03. The van der Waals surface area contributed by atoms with Gasteiger partial charge in [0.2, 0.25) is 0 Å². The number of nitrogens with one attached hydrogen (secondary N) is 2. The molecule has 1 aromatic rings. The molecule has 1 aromatic carbocycles. The molecular formula is C14H19Cl3N2O2. The van der Waals surface area contributed by atoms with E-state index in [4.69, 9.17) is 27.9 Å². The molecule has 1 heterocycles. The number of rotatable bonds is 5. The number of carbonyl (C=O) groups excluding carboxylic acids is 1. The van der Waals surface area contributed by atoms with Crippen LogP contribution < -0.4 is 10.6 Å². The van der Waals surface area contributed by atoms with Crippen molar-refractivity contribution in [2.24, 2.45) is 0 Å². The lowest BCUT2D eigenvalue weighted by molar-refractivity contribution is 0.0892. The number of amides is 1. The summed E-state index contributed by atoms with van der Waals surface area (Å²) < 4.78 is 5.25. The van der Waals surface area contributed by atoms with Gasteiger partial charge in [0.15, 0.2) is 0 Å². The average molecular weight is 354 g/mol. The van der Waals surface area contributed by atoms with Gasteiger partial charge in [0.05, 0.1) is 22.7 Å². The summed E-state index contributed by atoms with van der Waals surface area (Å²) in [5, 5.41) is 7.20. The van der Waals surface area contributed by atoms with Gasteiger partial charge in [0.1, 0.15) is 0 Å². The Labute approximate surface area is 140 Å². The number of hydrogen-bond donors (Lipinski definition) is 2. The molecule has 0 aromatic heterocycles. The highest BCUT2D eigenvalue weighted by molar-refractivity contribution is 6.36. The predicted molar refractivity (Wildman–Crippen MR) is 87.9 cm³/mol. The van der Waals surface area contributed by atoms with Crippen molar-refractivity contribution in [3.63, 3.8) is 0 Å². The molecule has 1 aliphatic heterocycles. The highest BCUT2D eigenvalue weighted by atomic mass is 35.5. The van der Waals surface area contributed by atoms with Gasteiger partial charge in [-0.2, -0.15) is 0 Å². The Morgan fingerprint density at radius 1 is 1.48 bits per heavy atom. The normalized spacial score (nSPS) is 20.9. The largest absolute Gasteiger partial charge is 0.383 e. The van der Waals surface area contributed by atoms with Crippen molar-refractivity contribution in [2.45, 2.75) is 18.4 Å². The van der Waals surface area contributed by atoms with Crippen molar-refractivity contribution < 1.29 is 9.53 Å². The van der Waals surface area contributed by atoms with Crippen molar-refractivity contribution in [1.82, 2.24) is 10.6 Å². The van der Waals surface area contributed by atoms with E-state index in [1.54, 1.807) is 25.3 Å². The molecular weight excluding hydrogens is 335 g/mol. The maximum Gasteiger partial charge on any atom is 0.252 e. The second-order valence-electron chi connectivity index (χ2n) is 5.05. The Kier molecular flexibility index (Phi) is 7.24. The van der Waals surface area contributed by atoms with Crippen molar-refractivity contribution in [1.29, 1.82) is 0 Å². The standard InChI is InChI=1S/C14H18Cl2N2O2.ClH/c1-20-9-14(5-2-6-18-14)8-17-13(19)11-4-3-10(15)7-12(11)16;/h3-4,7,18H,2,5-6,8-9H2,1H3,(H,17,19);1H. The molecule has 1 amide bonds. The molecule has 2 N–H and O–H groups in total. The zero-order chi connectivity index (χ0) is 14.6. The highest BCUT2D eigenvalue weighted by Crippen LogP contribution is 2.22. The first-order valence-electron chi connectivity index (χ1n) is 6.53. The summed E-state index contributed by atoms with van der Waals surface area (Å²) in [7, 11) is 1.67. The number of halogens is 3. The Hall–Kier alpha value is -0.520. The van der Waals surface area contributed by atoms with Gasteiger partial charge in [0, 0.05) is 18.7 Å². The fourth-order valence-electron chi connectivity index (χ4n) is 2.49.